The van der Waals surface area contributed by atoms with Crippen molar-refractivity contribution < 1.29 is 32.3 Å². The van der Waals surface area contributed by atoms with Crippen molar-refractivity contribution in [2.24, 2.45) is 5.41 Å². The van der Waals surface area contributed by atoms with Crippen molar-refractivity contribution in [2.45, 2.75) is 20.0 Å². The van der Waals surface area contributed by atoms with Gasteiger partial charge in [-0.3, -0.25) is 0 Å². The summed E-state index contributed by atoms with van der Waals surface area (Å²) in [6, 6.07) is 2.94. The number of alkyl halides is 3. The molecular formula is C11H13BF4O3. The SMILES string of the molecule is CC(C)(COc1cc(B(O)O)ccc1F)C(F)(F)F. The molecule has 0 amide bonds. The van der Waals surface area contributed by atoms with E-state index in [0.29, 0.717) is 0 Å². The van der Waals surface area contributed by atoms with Gasteiger partial charge in [0, 0.05) is 0 Å². The molecule has 0 spiro atoms. The molecule has 0 heterocycles. The van der Waals surface area contributed by atoms with E-state index < -0.39 is 36.9 Å². The molecule has 0 aliphatic carbocycles. The van der Waals surface area contributed by atoms with Gasteiger partial charge in [0.05, 0.1) is 5.41 Å². The van der Waals surface area contributed by atoms with E-state index in [1.165, 1.54) is 0 Å². The number of ether oxygens (including phenoxy) is 1. The van der Waals surface area contributed by atoms with Crippen LogP contribution in [0.5, 0.6) is 5.75 Å². The van der Waals surface area contributed by atoms with Crippen LogP contribution < -0.4 is 10.2 Å². The van der Waals surface area contributed by atoms with Gasteiger partial charge < -0.3 is 14.8 Å². The molecule has 0 unspecified atom stereocenters. The molecule has 0 bridgehead atoms. The van der Waals surface area contributed by atoms with Crippen LogP contribution >= 0.6 is 0 Å². The van der Waals surface area contributed by atoms with Gasteiger partial charge in [-0.1, -0.05) is 6.07 Å². The smallest absolute Gasteiger partial charge is 0.488 e. The molecular weight excluding hydrogens is 267 g/mol. The van der Waals surface area contributed by atoms with Crippen molar-refractivity contribution in [3.05, 3.63) is 24.0 Å². The maximum absolute atomic E-state index is 13.3. The van der Waals surface area contributed by atoms with E-state index in [1.54, 1.807) is 0 Å². The third-order valence-corrected chi connectivity index (χ3v) is 2.61. The molecule has 8 heteroatoms. The Hall–Kier alpha value is -1.28. The molecule has 0 fully saturated rings. The van der Waals surface area contributed by atoms with Crippen molar-refractivity contribution in [2.75, 3.05) is 6.61 Å². The molecule has 0 aliphatic heterocycles. The summed E-state index contributed by atoms with van der Waals surface area (Å²) in [5.74, 6) is -1.33. The van der Waals surface area contributed by atoms with Crippen molar-refractivity contribution in [3.63, 3.8) is 0 Å². The van der Waals surface area contributed by atoms with Crippen LogP contribution in [-0.2, 0) is 0 Å². The van der Waals surface area contributed by atoms with Gasteiger partial charge >= 0.3 is 13.3 Å². The Labute approximate surface area is 108 Å². The maximum atomic E-state index is 13.3. The molecule has 1 aromatic rings. The zero-order valence-electron chi connectivity index (χ0n) is 10.3. The molecule has 1 aromatic carbocycles. The molecule has 0 atom stereocenters. The fourth-order valence-electron chi connectivity index (χ4n) is 1.13. The predicted molar refractivity (Wildman–Crippen MR) is 61.6 cm³/mol. The molecule has 3 nitrogen and oxygen atoms in total. The fourth-order valence-corrected chi connectivity index (χ4v) is 1.13. The number of hydrogen-bond donors (Lipinski definition) is 2. The maximum Gasteiger partial charge on any atom is 0.488 e. The zero-order chi connectivity index (χ0) is 14.8. The Morgan fingerprint density at radius 3 is 2.26 bits per heavy atom. The van der Waals surface area contributed by atoms with E-state index in [9.17, 15) is 17.6 Å². The minimum absolute atomic E-state index is 0.0683. The monoisotopic (exact) mass is 280 g/mol. The van der Waals surface area contributed by atoms with Crippen LogP contribution in [0.1, 0.15) is 13.8 Å². The average Bonchev–Trinajstić information content (AvgIpc) is 2.26. The third kappa shape index (κ3) is 3.84. The molecule has 19 heavy (non-hydrogen) atoms. The lowest BCUT2D eigenvalue weighted by Crippen LogP contribution is -2.38. The minimum Gasteiger partial charge on any atom is -0.490 e. The van der Waals surface area contributed by atoms with Crippen molar-refractivity contribution in [1.29, 1.82) is 0 Å². The second-order valence-electron chi connectivity index (χ2n) is 4.73. The van der Waals surface area contributed by atoms with Crippen LogP contribution in [0, 0.1) is 11.2 Å². The van der Waals surface area contributed by atoms with Crippen molar-refractivity contribution in [3.8, 4) is 5.75 Å². The highest BCUT2D eigenvalue weighted by molar-refractivity contribution is 6.58. The topological polar surface area (TPSA) is 49.7 Å². The van der Waals surface area contributed by atoms with E-state index in [-0.39, 0.29) is 5.46 Å². The highest BCUT2D eigenvalue weighted by Crippen LogP contribution is 2.37. The van der Waals surface area contributed by atoms with Gasteiger partial charge in [0.2, 0.25) is 0 Å². The van der Waals surface area contributed by atoms with Gasteiger partial charge in [-0.2, -0.15) is 13.2 Å². The number of rotatable bonds is 4. The summed E-state index contributed by atoms with van der Waals surface area (Å²) in [6.45, 7) is 1.07. The van der Waals surface area contributed by atoms with Gasteiger partial charge in [-0.25, -0.2) is 4.39 Å². The van der Waals surface area contributed by atoms with Crippen LogP contribution in [0.15, 0.2) is 18.2 Å². The molecule has 0 aliphatic rings. The van der Waals surface area contributed by atoms with E-state index in [4.69, 9.17) is 14.8 Å². The Kier molecular flexibility index (Phi) is 4.47. The summed E-state index contributed by atoms with van der Waals surface area (Å²) in [7, 11) is -1.85. The van der Waals surface area contributed by atoms with Gasteiger partial charge in [-0.05, 0) is 31.4 Å². The molecule has 0 saturated heterocycles. The largest absolute Gasteiger partial charge is 0.490 e. The Morgan fingerprint density at radius 2 is 1.79 bits per heavy atom. The van der Waals surface area contributed by atoms with Gasteiger partial charge in [0.15, 0.2) is 11.6 Å². The summed E-state index contributed by atoms with van der Waals surface area (Å²) in [5.41, 5.74) is -2.21. The highest BCUT2D eigenvalue weighted by Gasteiger charge is 2.48. The quantitative estimate of drug-likeness (QED) is 0.648. The molecule has 0 aromatic heterocycles. The first-order valence-electron chi connectivity index (χ1n) is 5.40. The first-order chi connectivity index (χ1) is 8.54. The predicted octanol–water partition coefficient (Wildman–Crippen LogP) is 1.47. The zero-order valence-corrected chi connectivity index (χ0v) is 10.3. The molecule has 1 rings (SSSR count). The number of halogens is 4. The van der Waals surface area contributed by atoms with Crippen molar-refractivity contribution >= 4 is 12.6 Å². The average molecular weight is 280 g/mol. The minimum atomic E-state index is -4.49. The van der Waals surface area contributed by atoms with Crippen LogP contribution in [0.25, 0.3) is 0 Å². The lowest BCUT2D eigenvalue weighted by molar-refractivity contribution is -0.219. The van der Waals surface area contributed by atoms with E-state index in [0.717, 1.165) is 32.0 Å². The lowest BCUT2D eigenvalue weighted by Gasteiger charge is -2.27. The summed E-state index contributed by atoms with van der Waals surface area (Å²) in [5, 5.41) is 17.8. The van der Waals surface area contributed by atoms with E-state index in [2.05, 4.69) is 0 Å². The Balaban J connectivity index is 2.86. The standard InChI is InChI=1S/C11H13BF4O3/c1-10(2,11(14,15)16)6-19-9-5-7(12(17)18)3-4-8(9)13/h3-5,17-18H,6H2,1-2H3. The third-order valence-electron chi connectivity index (χ3n) is 2.61. The first kappa shape index (κ1) is 15.8. The Bertz CT molecular complexity index is 446. The second-order valence-corrected chi connectivity index (χ2v) is 4.73. The van der Waals surface area contributed by atoms with E-state index in [1.807, 2.05) is 0 Å². The highest BCUT2D eigenvalue weighted by atomic mass is 19.4. The van der Waals surface area contributed by atoms with Crippen LogP contribution in [0.2, 0.25) is 0 Å². The Morgan fingerprint density at radius 1 is 1.21 bits per heavy atom. The number of hydrogen-bond acceptors (Lipinski definition) is 3. The molecule has 106 valence electrons. The summed E-state index contributed by atoms with van der Waals surface area (Å²) < 4.78 is 55.9. The fraction of sp³-hybridized carbons (Fsp3) is 0.455. The molecule has 2 N–H and O–H groups in total. The van der Waals surface area contributed by atoms with Gasteiger partial charge in [0.25, 0.3) is 0 Å². The first-order valence-corrected chi connectivity index (χ1v) is 5.40. The second kappa shape index (κ2) is 5.38. The summed E-state index contributed by atoms with van der Waals surface area (Å²) in [6.07, 6.45) is -4.49. The van der Waals surface area contributed by atoms with Crippen molar-refractivity contribution in [1.82, 2.24) is 0 Å². The summed E-state index contributed by atoms with van der Waals surface area (Å²) >= 11 is 0. The molecule has 0 radical (unpaired) electrons. The normalized spacial score (nSPS) is 12.4. The molecule has 0 saturated carbocycles. The van der Waals surface area contributed by atoms with E-state index >= 15 is 0 Å². The van der Waals surface area contributed by atoms with Crippen LogP contribution in [0.4, 0.5) is 17.6 Å². The van der Waals surface area contributed by atoms with Gasteiger partial charge in [0.1, 0.15) is 6.61 Å². The lowest BCUT2D eigenvalue weighted by atomic mass is 9.80. The van der Waals surface area contributed by atoms with Crippen LogP contribution in [-0.4, -0.2) is 29.9 Å². The van der Waals surface area contributed by atoms with Crippen LogP contribution in [0.3, 0.4) is 0 Å². The van der Waals surface area contributed by atoms with Gasteiger partial charge in [-0.15, -0.1) is 0 Å². The number of benzene rings is 1. The summed E-state index contributed by atoms with van der Waals surface area (Å²) in [4.78, 5) is 0.